The molecular weight excluding hydrogens is 393 g/mol. The van der Waals surface area contributed by atoms with Gasteiger partial charge in [0.05, 0.1) is 11.0 Å². The number of nitrogens with one attached hydrogen (secondary N) is 1. The first-order chi connectivity index (χ1) is 15.2. The molecule has 0 unspecified atom stereocenters. The molecule has 1 aromatic heterocycles. The lowest BCUT2D eigenvalue weighted by Gasteiger charge is -2.31. The van der Waals surface area contributed by atoms with Crippen molar-refractivity contribution < 1.29 is 13.9 Å². The molecule has 0 radical (unpaired) electrons. The Kier molecular flexibility index (Phi) is 5.12. The van der Waals surface area contributed by atoms with E-state index >= 15 is 0 Å². The number of nitrogens with zero attached hydrogens (tertiary/aromatic N) is 2. The average molecular weight is 415 g/mol. The first kappa shape index (κ1) is 19.3. The molecule has 4 aromatic rings. The van der Waals surface area contributed by atoms with Crippen LogP contribution in [0, 0.1) is 5.82 Å². The summed E-state index contributed by atoms with van der Waals surface area (Å²) in [6.07, 6.45) is 1.77. The van der Waals surface area contributed by atoms with E-state index in [4.69, 9.17) is 9.72 Å². The van der Waals surface area contributed by atoms with Crippen molar-refractivity contribution in [3.63, 3.8) is 0 Å². The minimum atomic E-state index is -0.308. The van der Waals surface area contributed by atoms with Crippen molar-refractivity contribution in [2.45, 2.75) is 18.8 Å². The van der Waals surface area contributed by atoms with Gasteiger partial charge in [-0.1, -0.05) is 12.1 Å². The number of carbonyl (C=O) groups is 1. The highest BCUT2D eigenvalue weighted by Gasteiger charge is 2.26. The SMILES string of the molecule is O=C(c1ccc(Oc2ccc(F)cc2)cc1)N1CCC(c2nc3ccccc3[nH]2)CC1. The monoisotopic (exact) mass is 415 g/mol. The Morgan fingerprint density at radius 1 is 0.935 bits per heavy atom. The second-order valence-electron chi connectivity index (χ2n) is 7.79. The predicted octanol–water partition coefficient (Wildman–Crippen LogP) is 5.51. The lowest BCUT2D eigenvalue weighted by molar-refractivity contribution is 0.0711. The quantitative estimate of drug-likeness (QED) is 0.478. The molecule has 1 saturated heterocycles. The molecule has 0 bridgehead atoms. The number of hydrogen-bond donors (Lipinski definition) is 1. The first-order valence-corrected chi connectivity index (χ1v) is 10.4. The van der Waals surface area contributed by atoms with Crippen molar-refractivity contribution in [2.24, 2.45) is 0 Å². The molecule has 0 aliphatic carbocycles. The number of likely N-dealkylation sites (tertiary alicyclic amines) is 1. The first-order valence-electron chi connectivity index (χ1n) is 10.4. The summed E-state index contributed by atoms with van der Waals surface area (Å²) in [5.74, 6) is 2.21. The van der Waals surface area contributed by atoms with Gasteiger partial charge in [0, 0.05) is 24.6 Å². The average Bonchev–Trinajstić information content (AvgIpc) is 3.25. The summed E-state index contributed by atoms with van der Waals surface area (Å²) >= 11 is 0. The molecule has 1 amide bonds. The van der Waals surface area contributed by atoms with E-state index < -0.39 is 0 Å². The van der Waals surface area contributed by atoms with E-state index in [0.29, 0.717) is 36.1 Å². The number of fused-ring (bicyclic) bond motifs is 1. The molecule has 3 aromatic carbocycles. The molecule has 1 aliphatic rings. The molecule has 5 rings (SSSR count). The van der Waals surface area contributed by atoms with Crippen LogP contribution in [-0.4, -0.2) is 33.9 Å². The number of piperidine rings is 1. The Balaban J connectivity index is 1.20. The van der Waals surface area contributed by atoms with Crippen LogP contribution in [-0.2, 0) is 0 Å². The standard InChI is InChI=1S/C25H22FN3O2/c26-19-7-11-21(12-8-19)31-20-9-5-18(6-10-20)25(30)29-15-13-17(14-16-29)24-27-22-3-1-2-4-23(22)28-24/h1-12,17H,13-16H2,(H,27,28). The van der Waals surface area contributed by atoms with Crippen LogP contribution < -0.4 is 4.74 Å². The van der Waals surface area contributed by atoms with Gasteiger partial charge in [0.15, 0.2) is 0 Å². The summed E-state index contributed by atoms with van der Waals surface area (Å²) in [6.45, 7) is 1.41. The highest BCUT2D eigenvalue weighted by atomic mass is 19.1. The Hall–Kier alpha value is -3.67. The largest absolute Gasteiger partial charge is 0.457 e. The van der Waals surface area contributed by atoms with Gasteiger partial charge in [-0.05, 0) is 73.5 Å². The zero-order valence-corrected chi connectivity index (χ0v) is 16.9. The number of imidazole rings is 1. The Morgan fingerprint density at radius 3 is 2.26 bits per heavy atom. The fourth-order valence-corrected chi connectivity index (χ4v) is 4.01. The van der Waals surface area contributed by atoms with Crippen LogP contribution in [0.2, 0.25) is 0 Å². The molecule has 1 aliphatic heterocycles. The Morgan fingerprint density at radius 2 is 1.58 bits per heavy atom. The van der Waals surface area contributed by atoms with Gasteiger partial charge in [0.2, 0.25) is 0 Å². The number of benzene rings is 3. The highest BCUT2D eigenvalue weighted by Crippen LogP contribution is 2.29. The number of H-pyrrole nitrogens is 1. The van der Waals surface area contributed by atoms with Gasteiger partial charge in [-0.25, -0.2) is 9.37 Å². The van der Waals surface area contributed by atoms with Crippen LogP contribution >= 0.6 is 0 Å². The van der Waals surface area contributed by atoms with Crippen molar-refractivity contribution in [1.82, 2.24) is 14.9 Å². The number of halogens is 1. The van der Waals surface area contributed by atoms with Gasteiger partial charge >= 0.3 is 0 Å². The minimum Gasteiger partial charge on any atom is -0.457 e. The summed E-state index contributed by atoms with van der Waals surface area (Å²) in [7, 11) is 0. The number of rotatable bonds is 4. The summed E-state index contributed by atoms with van der Waals surface area (Å²) in [5.41, 5.74) is 2.67. The number of amides is 1. The van der Waals surface area contributed by atoms with E-state index in [1.807, 2.05) is 29.2 Å². The zero-order chi connectivity index (χ0) is 21.2. The maximum absolute atomic E-state index is 13.0. The molecule has 5 nitrogen and oxygen atoms in total. The van der Waals surface area contributed by atoms with E-state index in [0.717, 1.165) is 29.7 Å². The van der Waals surface area contributed by atoms with Gasteiger partial charge in [0.25, 0.3) is 5.91 Å². The maximum atomic E-state index is 13.0. The van der Waals surface area contributed by atoms with Gasteiger partial charge < -0.3 is 14.6 Å². The molecule has 31 heavy (non-hydrogen) atoms. The molecule has 0 saturated carbocycles. The van der Waals surface area contributed by atoms with E-state index in [1.165, 1.54) is 12.1 Å². The fourth-order valence-electron chi connectivity index (χ4n) is 4.01. The number of para-hydroxylation sites is 2. The maximum Gasteiger partial charge on any atom is 0.253 e. The van der Waals surface area contributed by atoms with Crippen LogP contribution in [0.4, 0.5) is 4.39 Å². The van der Waals surface area contributed by atoms with Crippen LogP contribution in [0.15, 0.2) is 72.8 Å². The molecule has 1 N–H and O–H groups in total. The summed E-state index contributed by atoms with van der Waals surface area (Å²) in [6, 6.07) is 20.9. The number of carbonyl (C=O) groups excluding carboxylic acids is 1. The van der Waals surface area contributed by atoms with E-state index in [1.54, 1.807) is 36.4 Å². The van der Waals surface area contributed by atoms with Crippen molar-refractivity contribution in [3.8, 4) is 11.5 Å². The van der Waals surface area contributed by atoms with E-state index in [-0.39, 0.29) is 11.7 Å². The molecule has 6 heteroatoms. The normalized spacial score (nSPS) is 14.7. The molecule has 0 spiro atoms. The lowest BCUT2D eigenvalue weighted by atomic mass is 9.95. The number of aromatic nitrogens is 2. The number of aromatic amines is 1. The smallest absolute Gasteiger partial charge is 0.253 e. The topological polar surface area (TPSA) is 58.2 Å². The van der Waals surface area contributed by atoms with Gasteiger partial charge in [-0.2, -0.15) is 0 Å². The third-order valence-electron chi connectivity index (χ3n) is 5.73. The molecular formula is C25H22FN3O2. The van der Waals surface area contributed by atoms with Crippen molar-refractivity contribution in [1.29, 1.82) is 0 Å². The van der Waals surface area contributed by atoms with Crippen LogP contribution in [0.3, 0.4) is 0 Å². The number of ether oxygens (including phenoxy) is 1. The lowest BCUT2D eigenvalue weighted by Crippen LogP contribution is -2.38. The third kappa shape index (κ3) is 4.14. The van der Waals surface area contributed by atoms with E-state index in [9.17, 15) is 9.18 Å². The van der Waals surface area contributed by atoms with E-state index in [2.05, 4.69) is 4.98 Å². The van der Waals surface area contributed by atoms with Gasteiger partial charge in [0.1, 0.15) is 23.1 Å². The highest BCUT2D eigenvalue weighted by molar-refractivity contribution is 5.94. The summed E-state index contributed by atoms with van der Waals surface area (Å²) < 4.78 is 18.7. The van der Waals surface area contributed by atoms with Crippen molar-refractivity contribution in [2.75, 3.05) is 13.1 Å². The van der Waals surface area contributed by atoms with Crippen LogP contribution in [0.1, 0.15) is 34.9 Å². The number of hydrogen-bond acceptors (Lipinski definition) is 3. The van der Waals surface area contributed by atoms with Crippen LogP contribution in [0.5, 0.6) is 11.5 Å². The van der Waals surface area contributed by atoms with Crippen molar-refractivity contribution in [3.05, 3.63) is 90.0 Å². The molecule has 2 heterocycles. The molecule has 1 fully saturated rings. The van der Waals surface area contributed by atoms with Crippen LogP contribution in [0.25, 0.3) is 11.0 Å². The second kappa shape index (κ2) is 8.22. The summed E-state index contributed by atoms with van der Waals surface area (Å²) in [4.78, 5) is 22.9. The van der Waals surface area contributed by atoms with Crippen molar-refractivity contribution >= 4 is 16.9 Å². The fraction of sp³-hybridized carbons (Fsp3) is 0.200. The second-order valence-corrected chi connectivity index (χ2v) is 7.79. The predicted molar refractivity (Wildman–Crippen MR) is 117 cm³/mol. The van der Waals surface area contributed by atoms with Gasteiger partial charge in [-0.3, -0.25) is 4.79 Å². The molecule has 156 valence electrons. The third-order valence-corrected chi connectivity index (χ3v) is 5.73. The zero-order valence-electron chi connectivity index (χ0n) is 16.9. The Labute approximate surface area is 179 Å². The summed E-state index contributed by atoms with van der Waals surface area (Å²) in [5, 5.41) is 0. The Bertz CT molecular complexity index is 1160. The minimum absolute atomic E-state index is 0.0244. The van der Waals surface area contributed by atoms with Gasteiger partial charge in [-0.15, -0.1) is 0 Å². The molecule has 0 atom stereocenters.